The Bertz CT molecular complexity index is 758. The van der Waals surface area contributed by atoms with Gasteiger partial charge in [0.1, 0.15) is 11.5 Å². The summed E-state index contributed by atoms with van der Waals surface area (Å²) < 4.78 is 1.77. The number of nitrogens with two attached hydrogens (primary N) is 2. The van der Waals surface area contributed by atoms with E-state index in [1.807, 2.05) is 0 Å². The van der Waals surface area contributed by atoms with Crippen molar-refractivity contribution in [3.8, 4) is 11.5 Å². The molecule has 6 nitrogen and oxygen atoms in total. The Morgan fingerprint density at radius 3 is 1.70 bits per heavy atom. The van der Waals surface area contributed by atoms with Gasteiger partial charge >= 0.3 is 0 Å². The van der Waals surface area contributed by atoms with Gasteiger partial charge in [-0.25, -0.2) is 0 Å². The minimum atomic E-state index is -0.0794. The number of hydrogen-bond donors (Lipinski definition) is 5. The van der Waals surface area contributed by atoms with Gasteiger partial charge in [-0.2, -0.15) is 0 Å². The number of aliphatic hydroxyl groups excluding tert-OH is 1. The van der Waals surface area contributed by atoms with E-state index in [4.69, 9.17) is 11.5 Å². The Hall–Kier alpha value is -2.60. The summed E-state index contributed by atoms with van der Waals surface area (Å²) in [6.07, 6.45) is 0. The lowest BCUT2D eigenvalue weighted by atomic mass is 10.1. The summed E-state index contributed by atoms with van der Waals surface area (Å²) in [6, 6.07) is 6.05. The highest BCUT2D eigenvalue weighted by Gasteiger charge is 2.17. The molecule has 0 aliphatic carbocycles. The molecule has 1 heterocycles. The van der Waals surface area contributed by atoms with Crippen molar-refractivity contribution in [3.05, 3.63) is 24.3 Å². The second kappa shape index (κ2) is 4.21. The summed E-state index contributed by atoms with van der Waals surface area (Å²) in [5.41, 5.74) is 14.1. The van der Waals surface area contributed by atoms with Crippen molar-refractivity contribution in [1.82, 2.24) is 4.57 Å². The summed E-state index contributed by atoms with van der Waals surface area (Å²) in [4.78, 5) is 0. The predicted octanol–water partition coefficient (Wildman–Crippen LogP) is 1.36. The fourth-order valence-corrected chi connectivity index (χ4v) is 2.71. The Labute approximate surface area is 114 Å². The van der Waals surface area contributed by atoms with Gasteiger partial charge in [0.25, 0.3) is 0 Å². The molecule has 0 fully saturated rings. The van der Waals surface area contributed by atoms with Crippen molar-refractivity contribution < 1.29 is 15.3 Å². The van der Waals surface area contributed by atoms with Gasteiger partial charge in [0.05, 0.1) is 17.6 Å². The van der Waals surface area contributed by atoms with Gasteiger partial charge in [-0.05, 0) is 0 Å². The van der Waals surface area contributed by atoms with Crippen molar-refractivity contribution >= 4 is 33.2 Å². The van der Waals surface area contributed by atoms with Crippen LogP contribution in [0.5, 0.6) is 11.5 Å². The summed E-state index contributed by atoms with van der Waals surface area (Å²) in [5, 5.41) is 30.1. The van der Waals surface area contributed by atoms with Crippen molar-refractivity contribution in [2.24, 2.45) is 0 Å². The van der Waals surface area contributed by atoms with E-state index >= 15 is 0 Å². The van der Waals surface area contributed by atoms with Gasteiger partial charge in [-0.1, -0.05) is 0 Å². The Morgan fingerprint density at radius 2 is 1.30 bits per heavy atom. The van der Waals surface area contributed by atoms with Gasteiger partial charge in [0, 0.05) is 53.0 Å². The van der Waals surface area contributed by atoms with Crippen LogP contribution in [-0.4, -0.2) is 26.5 Å². The molecule has 20 heavy (non-hydrogen) atoms. The number of fused-ring (bicyclic) bond motifs is 3. The summed E-state index contributed by atoms with van der Waals surface area (Å²) in [7, 11) is 0. The normalized spacial score (nSPS) is 11.4. The second-order valence-electron chi connectivity index (χ2n) is 4.73. The van der Waals surface area contributed by atoms with Crippen LogP contribution in [0.3, 0.4) is 0 Å². The standard InChI is InChI=1S/C14H15N3O3/c15-9-3-7(19)5-11-13(9)14-10(16)4-8(20)6-12(14)17(11)1-2-18/h3-6,18-20H,1-2,15-16H2. The maximum atomic E-state index is 9.72. The Kier molecular flexibility index (Phi) is 2.62. The third kappa shape index (κ3) is 1.62. The molecule has 0 saturated carbocycles. The zero-order valence-electron chi connectivity index (χ0n) is 10.7. The molecule has 0 aliphatic rings. The lowest BCUT2D eigenvalue weighted by Crippen LogP contribution is -2.01. The van der Waals surface area contributed by atoms with Crippen molar-refractivity contribution in [2.75, 3.05) is 18.1 Å². The number of phenolic OH excluding ortho intramolecular Hbond substituents is 2. The third-order valence-electron chi connectivity index (χ3n) is 3.42. The molecular formula is C14H15N3O3. The maximum absolute atomic E-state index is 9.72. The first-order valence-corrected chi connectivity index (χ1v) is 6.16. The first kappa shape index (κ1) is 12.4. The molecule has 3 aromatic rings. The number of aliphatic hydroxyl groups is 1. The average Bonchev–Trinajstić information content (AvgIpc) is 2.65. The number of aromatic hydroxyl groups is 2. The zero-order chi connectivity index (χ0) is 14.4. The Morgan fingerprint density at radius 1 is 0.850 bits per heavy atom. The molecule has 1 aromatic heterocycles. The quantitative estimate of drug-likeness (QED) is 0.452. The first-order chi connectivity index (χ1) is 9.52. The van der Waals surface area contributed by atoms with Crippen LogP contribution in [-0.2, 0) is 6.54 Å². The predicted molar refractivity (Wildman–Crippen MR) is 78.7 cm³/mol. The number of aromatic nitrogens is 1. The number of nitrogen functional groups attached to an aromatic ring is 2. The minimum absolute atomic E-state index is 0.0415. The van der Waals surface area contributed by atoms with E-state index in [9.17, 15) is 15.3 Å². The van der Waals surface area contributed by atoms with Crippen LogP contribution in [0.25, 0.3) is 21.8 Å². The van der Waals surface area contributed by atoms with Crippen LogP contribution >= 0.6 is 0 Å². The highest BCUT2D eigenvalue weighted by Crippen LogP contribution is 2.40. The van der Waals surface area contributed by atoms with Crippen LogP contribution in [0, 0.1) is 0 Å². The van der Waals surface area contributed by atoms with E-state index in [0.29, 0.717) is 39.7 Å². The fourth-order valence-electron chi connectivity index (χ4n) is 2.71. The van der Waals surface area contributed by atoms with Crippen LogP contribution in [0.1, 0.15) is 0 Å². The molecule has 104 valence electrons. The first-order valence-electron chi connectivity index (χ1n) is 6.16. The van der Waals surface area contributed by atoms with Crippen LogP contribution in [0.2, 0.25) is 0 Å². The largest absolute Gasteiger partial charge is 0.508 e. The average molecular weight is 273 g/mol. The molecule has 0 unspecified atom stereocenters. The maximum Gasteiger partial charge on any atom is 0.119 e. The summed E-state index contributed by atoms with van der Waals surface area (Å²) in [5.74, 6) is 0.0829. The molecule has 0 aliphatic heterocycles. The summed E-state index contributed by atoms with van der Waals surface area (Å²) >= 11 is 0. The fraction of sp³-hybridized carbons (Fsp3) is 0.143. The molecule has 0 atom stereocenters. The lowest BCUT2D eigenvalue weighted by Gasteiger charge is -2.06. The molecule has 6 heteroatoms. The topological polar surface area (TPSA) is 118 Å². The lowest BCUT2D eigenvalue weighted by molar-refractivity contribution is 0.280. The smallest absolute Gasteiger partial charge is 0.119 e. The Balaban J connectivity index is 2.59. The van der Waals surface area contributed by atoms with Crippen LogP contribution < -0.4 is 11.5 Å². The van der Waals surface area contributed by atoms with E-state index in [1.54, 1.807) is 16.7 Å². The van der Waals surface area contributed by atoms with Gasteiger partial charge in [-0.15, -0.1) is 0 Å². The highest BCUT2D eigenvalue weighted by molar-refractivity contribution is 6.18. The number of anilines is 2. The van der Waals surface area contributed by atoms with E-state index in [0.717, 1.165) is 0 Å². The molecular weight excluding hydrogens is 258 g/mol. The van der Waals surface area contributed by atoms with Gasteiger partial charge < -0.3 is 31.4 Å². The molecule has 0 saturated heterocycles. The molecule has 2 aromatic carbocycles. The van der Waals surface area contributed by atoms with Crippen molar-refractivity contribution in [1.29, 1.82) is 0 Å². The second-order valence-corrected chi connectivity index (χ2v) is 4.73. The van der Waals surface area contributed by atoms with Crippen molar-refractivity contribution in [3.63, 3.8) is 0 Å². The molecule has 3 rings (SSSR count). The number of phenols is 2. The minimum Gasteiger partial charge on any atom is -0.508 e. The van der Waals surface area contributed by atoms with Crippen molar-refractivity contribution in [2.45, 2.75) is 6.54 Å². The number of rotatable bonds is 2. The number of nitrogens with zero attached hydrogens (tertiary/aromatic N) is 1. The van der Waals surface area contributed by atoms with E-state index in [2.05, 4.69) is 0 Å². The molecule has 0 bridgehead atoms. The molecule has 0 spiro atoms. The van der Waals surface area contributed by atoms with Gasteiger partial charge in [0.15, 0.2) is 0 Å². The van der Waals surface area contributed by atoms with E-state index in [-0.39, 0.29) is 18.1 Å². The highest BCUT2D eigenvalue weighted by atomic mass is 16.3. The molecule has 0 amide bonds. The SMILES string of the molecule is Nc1cc(O)cc2c1c1c(N)cc(O)cc1n2CCO. The molecule has 0 radical (unpaired) electrons. The zero-order valence-corrected chi connectivity index (χ0v) is 10.7. The van der Waals surface area contributed by atoms with Crippen LogP contribution in [0.4, 0.5) is 11.4 Å². The monoisotopic (exact) mass is 273 g/mol. The van der Waals surface area contributed by atoms with Crippen LogP contribution in [0.15, 0.2) is 24.3 Å². The van der Waals surface area contributed by atoms with E-state index < -0.39 is 0 Å². The van der Waals surface area contributed by atoms with E-state index in [1.165, 1.54) is 12.1 Å². The third-order valence-corrected chi connectivity index (χ3v) is 3.42. The summed E-state index contributed by atoms with van der Waals surface area (Å²) in [6.45, 7) is 0.232. The van der Waals surface area contributed by atoms with Gasteiger partial charge in [-0.3, -0.25) is 0 Å². The number of hydrogen-bond acceptors (Lipinski definition) is 5. The molecule has 7 N–H and O–H groups in total. The van der Waals surface area contributed by atoms with Gasteiger partial charge in [0.2, 0.25) is 0 Å². The number of benzene rings is 2.